The SMILES string of the molecule is CC(=O)/C(C)=C(/C)[O-].CC(=O)/C(C)=C(/C)[O-].CC1(C)N=C(c2ccccn2)[N+](=O)C1(C)C.F[P-](F)(F)(F)(F)F.[Cr+2]. The second-order valence-electron chi connectivity index (χ2n) is 9.50. The number of amidine groups is 1. The predicted octanol–water partition coefficient (Wildman–Crippen LogP) is 6.02. The van der Waals surface area contributed by atoms with Crippen LogP contribution in [0, 0.1) is 4.91 Å². The van der Waals surface area contributed by atoms with Crippen LogP contribution in [0.25, 0.3) is 0 Å². The Morgan fingerprint density at radius 3 is 1.32 bits per heavy atom. The molecular weight excluding hydrogens is 607 g/mol. The van der Waals surface area contributed by atoms with Crippen molar-refractivity contribution in [2.75, 3.05) is 0 Å². The van der Waals surface area contributed by atoms with Crippen molar-refractivity contribution in [2.24, 2.45) is 4.99 Å². The van der Waals surface area contributed by atoms with E-state index < -0.39 is 18.9 Å². The minimum absolute atomic E-state index is 0. The van der Waals surface area contributed by atoms with E-state index in [1.807, 2.05) is 39.8 Å². The van der Waals surface area contributed by atoms with Gasteiger partial charge in [-0.15, -0.1) is 11.5 Å². The van der Waals surface area contributed by atoms with Gasteiger partial charge in [0.15, 0.2) is 28.3 Å². The van der Waals surface area contributed by atoms with Gasteiger partial charge in [0.05, 0.1) is 0 Å². The molecule has 0 saturated heterocycles. The molecule has 1 aromatic rings. The molecule has 40 heavy (non-hydrogen) atoms. The van der Waals surface area contributed by atoms with Gasteiger partial charge in [-0.25, -0.2) is 4.98 Å². The van der Waals surface area contributed by atoms with E-state index in [-0.39, 0.29) is 40.4 Å². The number of allylic oxidation sites excluding steroid dienone is 4. The number of carbonyl (C=O) groups is 2. The molecule has 0 amide bonds. The maximum absolute atomic E-state index is 12.2. The van der Waals surface area contributed by atoms with Crippen molar-refractivity contribution in [3.05, 3.63) is 57.7 Å². The van der Waals surface area contributed by atoms with Crippen molar-refractivity contribution >= 4 is 25.2 Å². The molecule has 0 aliphatic carbocycles. The normalized spacial score (nSPS) is 18.0. The van der Waals surface area contributed by atoms with Gasteiger partial charge in [-0.1, -0.05) is 29.8 Å². The summed E-state index contributed by atoms with van der Waals surface area (Å²) in [6.07, 6.45) is 1.67. The van der Waals surface area contributed by atoms with E-state index in [4.69, 9.17) is 0 Å². The fourth-order valence-corrected chi connectivity index (χ4v) is 2.11. The zero-order chi connectivity index (χ0) is 31.8. The molecule has 1 aromatic heterocycles. The molecule has 0 spiro atoms. The Balaban J connectivity index is -0.000000491. The average Bonchev–Trinajstić information content (AvgIpc) is 2.90. The monoisotopic (exact) mass is 641 g/mol. The number of hydrogen-bond acceptors (Lipinski definition) is 7. The summed E-state index contributed by atoms with van der Waals surface area (Å²) in [6, 6.07) is 5.49. The van der Waals surface area contributed by atoms with Crippen LogP contribution in [0.2, 0.25) is 0 Å². The summed E-state index contributed by atoms with van der Waals surface area (Å²) in [5, 5.41) is 20.7. The van der Waals surface area contributed by atoms with Gasteiger partial charge in [0.25, 0.3) is 0 Å². The summed E-state index contributed by atoms with van der Waals surface area (Å²) in [5.74, 6) is -0.138. The Bertz CT molecular complexity index is 1130. The number of Topliss-reactive ketones (excluding diaryl/α,β-unsaturated/α-hetero) is 2. The number of hydrogen-bond donors (Lipinski definition) is 0. The number of aliphatic imine (C=N–C) groups is 1. The first-order chi connectivity index (χ1) is 16.9. The zero-order valence-corrected chi connectivity index (χ0v) is 26.0. The van der Waals surface area contributed by atoms with E-state index in [0.29, 0.717) is 22.7 Å². The Morgan fingerprint density at radius 1 is 0.800 bits per heavy atom. The molecule has 2 rings (SSSR count). The van der Waals surface area contributed by atoms with E-state index in [0.717, 1.165) is 4.76 Å². The molecule has 1 aliphatic heterocycles. The second kappa shape index (κ2) is 13.8. The number of rotatable bonds is 3. The quantitative estimate of drug-likeness (QED) is 0.131. The van der Waals surface area contributed by atoms with Crippen molar-refractivity contribution in [1.82, 2.24) is 4.98 Å². The average molecular weight is 642 g/mol. The Labute approximate surface area is 240 Å². The van der Waals surface area contributed by atoms with Crippen molar-refractivity contribution < 1.29 is 67.1 Å². The van der Waals surface area contributed by atoms with E-state index in [9.17, 15) is 49.9 Å². The third-order valence-corrected chi connectivity index (χ3v) is 5.59. The fraction of sp³-hybridized carbons (Fsp3) is 0.500. The first-order valence-electron chi connectivity index (χ1n) is 11.2. The van der Waals surface area contributed by atoms with Gasteiger partial charge in [0.2, 0.25) is 0 Å². The largest absolute Gasteiger partial charge is 2.00 e. The van der Waals surface area contributed by atoms with Crippen LogP contribution in [0.1, 0.15) is 74.9 Å². The smallest absolute Gasteiger partial charge is 2.00 e. The molecule has 2 heterocycles. The fourth-order valence-electron chi connectivity index (χ4n) is 2.11. The van der Waals surface area contributed by atoms with E-state index >= 15 is 0 Å². The summed E-state index contributed by atoms with van der Waals surface area (Å²) in [6.45, 7) is 16.3. The van der Waals surface area contributed by atoms with Gasteiger partial charge < -0.3 is 10.2 Å². The van der Waals surface area contributed by atoms with E-state index in [1.54, 1.807) is 12.3 Å². The van der Waals surface area contributed by atoms with Crippen LogP contribution in [0.4, 0.5) is 25.2 Å². The molecule has 0 N–H and O–H groups in total. The van der Waals surface area contributed by atoms with Crippen LogP contribution < -0.4 is 10.2 Å². The van der Waals surface area contributed by atoms with Crippen molar-refractivity contribution in [2.45, 2.75) is 80.3 Å². The second-order valence-corrected chi connectivity index (χ2v) is 11.4. The molecule has 16 heteroatoms. The third-order valence-electron chi connectivity index (χ3n) is 5.59. The first-order valence-corrected chi connectivity index (χ1v) is 13.2. The van der Waals surface area contributed by atoms with Gasteiger partial charge in [-0.05, 0) is 83.4 Å². The molecule has 0 saturated carbocycles. The number of halogens is 6. The molecule has 8 nitrogen and oxygen atoms in total. The number of pyridine rings is 1. The molecule has 0 fully saturated rings. The standard InChI is InChI=1S/C12H16N3O.2C6H10O2.Cr.F6P/c1-11(2)12(3,4)15(16)10(14-11)9-7-5-6-8-13-9;2*1-4(5(2)7)6(3)8;;1-7(2,3,4,5)6/h5-8H,1-4H3;2*7H,1-3H3;;/q+1;;;+2;-1/p-2/b;2*5-4-;;. The maximum atomic E-state index is 12.2. The molecule has 0 radical (unpaired) electrons. The predicted molar refractivity (Wildman–Crippen MR) is 134 cm³/mol. The number of carbonyl (C=O) groups excluding carboxylic acids is 2. The Morgan fingerprint density at radius 2 is 1.15 bits per heavy atom. The number of ketones is 2. The maximum Gasteiger partial charge on any atom is 2.00 e. The van der Waals surface area contributed by atoms with Crippen molar-refractivity contribution in [1.29, 1.82) is 0 Å². The summed E-state index contributed by atoms with van der Waals surface area (Å²) >= 11 is 0. The molecular formula is C24H34CrF6N3O5P. The van der Waals surface area contributed by atoms with Gasteiger partial charge in [-0.3, -0.25) is 9.59 Å². The molecule has 228 valence electrons. The van der Waals surface area contributed by atoms with E-state index in [2.05, 4.69) is 9.98 Å². The van der Waals surface area contributed by atoms with Gasteiger partial charge >= 0.3 is 56.2 Å². The number of nitroso groups, excluding NO2 is 1. The first kappa shape index (κ1) is 41.9. The van der Waals surface area contributed by atoms with E-state index in [1.165, 1.54) is 41.5 Å². The summed E-state index contributed by atoms with van der Waals surface area (Å²) in [4.78, 5) is 41.5. The molecule has 0 unspecified atom stereocenters. The van der Waals surface area contributed by atoms with Crippen LogP contribution in [-0.4, -0.2) is 38.2 Å². The van der Waals surface area contributed by atoms with Crippen LogP contribution in [-0.2, 0) is 27.0 Å². The molecule has 0 atom stereocenters. The summed E-state index contributed by atoms with van der Waals surface area (Å²) in [7, 11) is -10.7. The van der Waals surface area contributed by atoms with Crippen LogP contribution in [0.3, 0.4) is 0 Å². The van der Waals surface area contributed by atoms with Crippen LogP contribution >= 0.6 is 7.81 Å². The van der Waals surface area contributed by atoms with Gasteiger partial charge in [0, 0.05) is 6.20 Å². The van der Waals surface area contributed by atoms with Gasteiger partial charge in [-0.2, -0.15) is 0 Å². The van der Waals surface area contributed by atoms with Crippen LogP contribution in [0.15, 0.2) is 52.1 Å². The molecule has 0 bridgehead atoms. The Hall–Kier alpha value is -2.62. The number of nitrogens with zero attached hydrogens (tertiary/aromatic N) is 3. The summed E-state index contributed by atoms with van der Waals surface area (Å²) < 4.78 is 60.2. The zero-order valence-electron chi connectivity index (χ0n) is 23.8. The summed E-state index contributed by atoms with van der Waals surface area (Å²) in [5.41, 5.74) is 0.340. The van der Waals surface area contributed by atoms with Crippen molar-refractivity contribution in [3.8, 4) is 0 Å². The molecule has 1 aliphatic rings. The Kier molecular flexibility index (Phi) is 14.5. The van der Waals surface area contributed by atoms with Crippen molar-refractivity contribution in [3.63, 3.8) is 0 Å². The number of aromatic nitrogens is 1. The van der Waals surface area contributed by atoms with Crippen LogP contribution in [0.5, 0.6) is 0 Å². The topological polar surface area (TPSA) is 126 Å². The minimum Gasteiger partial charge on any atom is 2.00 e. The van der Waals surface area contributed by atoms with Gasteiger partial charge in [0.1, 0.15) is 0 Å². The molecule has 0 aromatic carbocycles. The minimum atomic E-state index is -10.7. The third kappa shape index (κ3) is 17.2.